The number of benzene rings is 2. The molecule has 0 radical (unpaired) electrons. The highest BCUT2D eigenvalue weighted by Gasteiger charge is 2.11. The first-order valence-electron chi connectivity index (χ1n) is 9.93. The second-order valence-electron chi connectivity index (χ2n) is 6.53. The largest absolute Gasteiger partial charge is 0.493 e. The van der Waals surface area contributed by atoms with Crippen molar-refractivity contribution in [1.82, 2.24) is 0 Å². The molecular weight excluding hydrogens is 656 g/mol. The van der Waals surface area contributed by atoms with Crippen LogP contribution < -0.4 is 14.2 Å². The van der Waals surface area contributed by atoms with E-state index < -0.39 is 0 Å². The van der Waals surface area contributed by atoms with Crippen molar-refractivity contribution < 1.29 is 19.0 Å². The molecule has 0 atom stereocenters. The predicted molar refractivity (Wildman–Crippen MR) is 148 cm³/mol. The van der Waals surface area contributed by atoms with Crippen molar-refractivity contribution in [2.24, 2.45) is 5.16 Å². The normalized spacial score (nSPS) is 11.0. The van der Waals surface area contributed by atoms with Crippen LogP contribution in [0.5, 0.6) is 17.2 Å². The molecule has 5 nitrogen and oxygen atoms in total. The summed E-state index contributed by atoms with van der Waals surface area (Å²) >= 11 is 30.2. The van der Waals surface area contributed by atoms with E-state index in [2.05, 4.69) is 37.0 Å². The zero-order valence-electron chi connectivity index (χ0n) is 18.0. The number of nitrogens with zero attached hydrogens (tertiary/aromatic N) is 1. The Hall–Kier alpha value is -1.09. The number of rotatable bonds is 13. The molecule has 34 heavy (non-hydrogen) atoms. The minimum atomic E-state index is 0.119. The molecule has 2 aromatic rings. The average molecular weight is 677 g/mol. The highest BCUT2D eigenvalue weighted by Crippen LogP contribution is 2.37. The number of hydrogen-bond donors (Lipinski definition) is 0. The van der Waals surface area contributed by atoms with Gasteiger partial charge in [0.05, 0.1) is 32.4 Å². The Morgan fingerprint density at radius 1 is 0.941 bits per heavy atom. The van der Waals surface area contributed by atoms with Gasteiger partial charge in [0.25, 0.3) is 0 Å². The Kier molecular flexibility index (Phi) is 13.6. The molecule has 0 saturated heterocycles. The SMILES string of the molecule is C/C(=N\OCC=C(Br)Br)c1ccccc1OCCCOc1c(Cl)cc(OCC=C(Cl)Cl)cc1Cl. The van der Waals surface area contributed by atoms with Crippen molar-refractivity contribution in [1.29, 1.82) is 0 Å². The van der Waals surface area contributed by atoms with E-state index >= 15 is 0 Å². The highest BCUT2D eigenvalue weighted by atomic mass is 79.9. The summed E-state index contributed by atoms with van der Waals surface area (Å²) in [5, 5.41) is 4.81. The Balaban J connectivity index is 1.86. The van der Waals surface area contributed by atoms with Crippen LogP contribution >= 0.6 is 78.3 Å². The fourth-order valence-corrected chi connectivity index (χ4v) is 3.52. The van der Waals surface area contributed by atoms with Gasteiger partial charge in [-0.1, -0.05) is 63.7 Å². The van der Waals surface area contributed by atoms with Crippen molar-refractivity contribution in [2.75, 3.05) is 26.4 Å². The van der Waals surface area contributed by atoms with Crippen LogP contribution in [0.1, 0.15) is 18.9 Å². The molecule has 0 unspecified atom stereocenters. The van der Waals surface area contributed by atoms with Crippen LogP contribution in [0.3, 0.4) is 0 Å². The molecule has 2 aromatic carbocycles. The zero-order chi connectivity index (χ0) is 24.9. The van der Waals surface area contributed by atoms with Crippen molar-refractivity contribution in [3.63, 3.8) is 0 Å². The van der Waals surface area contributed by atoms with Crippen molar-refractivity contribution in [3.8, 4) is 17.2 Å². The smallest absolute Gasteiger partial charge is 0.156 e. The van der Waals surface area contributed by atoms with Gasteiger partial charge in [0, 0.05) is 24.1 Å². The van der Waals surface area contributed by atoms with Crippen molar-refractivity contribution in [2.45, 2.75) is 13.3 Å². The molecule has 0 N–H and O–H groups in total. The molecule has 0 saturated carbocycles. The number of para-hydroxylation sites is 1. The van der Waals surface area contributed by atoms with Gasteiger partial charge in [-0.2, -0.15) is 0 Å². The van der Waals surface area contributed by atoms with E-state index in [1.54, 1.807) is 18.2 Å². The summed E-state index contributed by atoms with van der Waals surface area (Å²) in [7, 11) is 0. The summed E-state index contributed by atoms with van der Waals surface area (Å²) in [4.78, 5) is 5.30. The molecule has 0 aromatic heterocycles. The number of oxime groups is 1. The first-order chi connectivity index (χ1) is 16.3. The minimum absolute atomic E-state index is 0.119. The van der Waals surface area contributed by atoms with Crippen molar-refractivity contribution >= 4 is 84.0 Å². The summed E-state index contributed by atoms with van der Waals surface area (Å²) in [5.74, 6) is 1.56. The summed E-state index contributed by atoms with van der Waals surface area (Å²) in [6, 6.07) is 10.8. The second-order valence-corrected chi connectivity index (χ2v) is 11.1. The Labute approximate surface area is 235 Å². The summed E-state index contributed by atoms with van der Waals surface area (Å²) in [5.41, 5.74) is 1.55. The molecular formula is C23H21Br2Cl4NO4. The first-order valence-corrected chi connectivity index (χ1v) is 13.0. The van der Waals surface area contributed by atoms with E-state index in [9.17, 15) is 0 Å². The van der Waals surface area contributed by atoms with Gasteiger partial charge in [-0.25, -0.2) is 0 Å². The van der Waals surface area contributed by atoms with Crippen LogP contribution in [0.4, 0.5) is 0 Å². The molecule has 0 aliphatic heterocycles. The van der Waals surface area contributed by atoms with E-state index in [1.165, 1.54) is 6.08 Å². The molecule has 0 spiro atoms. The van der Waals surface area contributed by atoms with Crippen LogP contribution in [0.25, 0.3) is 0 Å². The lowest BCUT2D eigenvalue weighted by Crippen LogP contribution is -2.08. The average Bonchev–Trinajstić information content (AvgIpc) is 2.78. The summed E-state index contributed by atoms with van der Waals surface area (Å²) in [6.45, 7) is 3.16. The first kappa shape index (κ1) is 29.1. The van der Waals surface area contributed by atoms with E-state index in [0.717, 1.165) is 8.96 Å². The van der Waals surface area contributed by atoms with Gasteiger partial charge in [-0.05, 0) is 63.1 Å². The molecule has 11 heteroatoms. The van der Waals surface area contributed by atoms with Crippen LogP contribution in [0.2, 0.25) is 10.0 Å². The highest BCUT2D eigenvalue weighted by molar-refractivity contribution is 9.28. The van der Waals surface area contributed by atoms with E-state index in [4.69, 9.17) is 65.5 Å². The lowest BCUT2D eigenvalue weighted by atomic mass is 10.1. The standard InChI is InChI=1S/C23H21Br2Cl4NO4/c1-15(30-34-12-7-21(24)25)17-5-2-3-6-20(17)32-9-4-10-33-23-18(26)13-16(14-19(23)27)31-11-8-22(28)29/h2-3,5-8,13-14H,4,9-12H2,1H3/b30-15+. The lowest BCUT2D eigenvalue weighted by molar-refractivity contribution is 0.174. The molecule has 0 heterocycles. The fourth-order valence-electron chi connectivity index (χ4n) is 2.55. The number of halogens is 6. The van der Waals surface area contributed by atoms with Gasteiger partial charge in [-0.15, -0.1) is 0 Å². The molecule has 0 aliphatic carbocycles. The lowest BCUT2D eigenvalue weighted by Gasteiger charge is -2.13. The van der Waals surface area contributed by atoms with Gasteiger partial charge in [0.15, 0.2) is 5.75 Å². The van der Waals surface area contributed by atoms with Crippen LogP contribution in [0, 0.1) is 0 Å². The topological polar surface area (TPSA) is 49.3 Å². The summed E-state index contributed by atoms with van der Waals surface area (Å²) < 4.78 is 18.1. The van der Waals surface area contributed by atoms with E-state index in [-0.39, 0.29) is 11.1 Å². The molecule has 0 bridgehead atoms. The zero-order valence-corrected chi connectivity index (χ0v) is 24.2. The Bertz CT molecular complexity index is 1020. The van der Waals surface area contributed by atoms with Gasteiger partial charge < -0.3 is 19.0 Å². The maximum atomic E-state index is 6.29. The molecule has 0 aliphatic rings. The number of hydrogen-bond acceptors (Lipinski definition) is 5. The monoisotopic (exact) mass is 673 g/mol. The molecule has 0 amide bonds. The number of ether oxygens (including phenoxy) is 3. The van der Waals surface area contributed by atoms with E-state index in [1.807, 2.05) is 31.2 Å². The molecule has 184 valence electrons. The summed E-state index contributed by atoms with van der Waals surface area (Å²) in [6.07, 6.45) is 3.91. The maximum absolute atomic E-state index is 6.29. The van der Waals surface area contributed by atoms with Gasteiger partial charge in [-0.3, -0.25) is 0 Å². The fraction of sp³-hybridized carbons (Fsp3) is 0.261. The van der Waals surface area contributed by atoms with Gasteiger partial charge in [0.2, 0.25) is 0 Å². The Morgan fingerprint density at radius 3 is 2.29 bits per heavy atom. The Morgan fingerprint density at radius 2 is 1.62 bits per heavy atom. The quantitative estimate of drug-likeness (QED) is 0.121. The molecule has 0 fully saturated rings. The van der Waals surface area contributed by atoms with Gasteiger partial charge >= 0.3 is 0 Å². The second kappa shape index (κ2) is 15.8. The third kappa shape index (κ3) is 10.7. The molecule has 2 rings (SSSR count). The van der Waals surface area contributed by atoms with Crippen LogP contribution in [0.15, 0.2) is 61.6 Å². The van der Waals surface area contributed by atoms with Crippen LogP contribution in [-0.4, -0.2) is 32.1 Å². The van der Waals surface area contributed by atoms with Gasteiger partial charge in [0.1, 0.15) is 29.2 Å². The maximum Gasteiger partial charge on any atom is 0.156 e. The third-order valence-electron chi connectivity index (χ3n) is 4.04. The third-order valence-corrected chi connectivity index (χ3v) is 5.56. The predicted octanol–water partition coefficient (Wildman–Crippen LogP) is 8.91. The van der Waals surface area contributed by atoms with Crippen LogP contribution in [-0.2, 0) is 4.84 Å². The van der Waals surface area contributed by atoms with Crippen molar-refractivity contribution in [3.05, 3.63) is 72.0 Å². The minimum Gasteiger partial charge on any atom is -0.493 e. The van der Waals surface area contributed by atoms with E-state index in [0.29, 0.717) is 59.2 Å².